The molecule has 242 valence electrons. The number of nitrogens with one attached hydrogen (secondary N) is 1. The van der Waals surface area contributed by atoms with E-state index in [-0.39, 0.29) is 25.5 Å². The van der Waals surface area contributed by atoms with Crippen molar-refractivity contribution in [3.05, 3.63) is 158 Å². The number of hydrogen-bond donors (Lipinski definition) is 2. The van der Waals surface area contributed by atoms with Crippen LogP contribution in [0.25, 0.3) is 21.2 Å². The van der Waals surface area contributed by atoms with Crippen LogP contribution in [0.15, 0.2) is 130 Å². The van der Waals surface area contributed by atoms with Gasteiger partial charge in [0.15, 0.2) is 11.6 Å². The lowest BCUT2D eigenvalue weighted by molar-refractivity contribution is -0.129. The fraction of sp³-hybridized carbons (Fsp3) is 0.211. The monoisotopic (exact) mass is 703 g/mol. The maximum Gasteiger partial charge on any atom is 0.252 e. The van der Waals surface area contributed by atoms with Gasteiger partial charge in [0.1, 0.15) is 5.75 Å². The Bertz CT molecular complexity index is 1970. The summed E-state index contributed by atoms with van der Waals surface area (Å²) in [6.45, 7) is 0.826. The Hall–Kier alpha value is -5.15. The van der Waals surface area contributed by atoms with Gasteiger partial charge >= 0.3 is 0 Å². The van der Waals surface area contributed by atoms with Gasteiger partial charge in [-0.1, -0.05) is 99.9 Å². The number of aliphatic hydroxyl groups excluding tert-OH is 1. The van der Waals surface area contributed by atoms with E-state index in [0.717, 1.165) is 31.9 Å². The normalized spacial score (nSPS) is 16.9. The van der Waals surface area contributed by atoms with E-state index in [1.165, 1.54) is 0 Å². The van der Waals surface area contributed by atoms with Crippen LogP contribution in [-0.4, -0.2) is 35.7 Å². The number of nitrogens with zero attached hydrogens (tertiary/aromatic N) is 4. The van der Waals surface area contributed by atoms with E-state index >= 15 is 0 Å². The van der Waals surface area contributed by atoms with E-state index in [1.807, 2.05) is 97.1 Å². The van der Waals surface area contributed by atoms with Crippen LogP contribution in [-0.2, 0) is 29.0 Å². The lowest BCUT2D eigenvalue weighted by Crippen LogP contribution is -2.50. The van der Waals surface area contributed by atoms with Crippen LogP contribution in [0.5, 0.6) is 5.75 Å². The van der Waals surface area contributed by atoms with Crippen molar-refractivity contribution in [1.82, 2.24) is 5.32 Å². The smallest absolute Gasteiger partial charge is 0.252 e. The van der Waals surface area contributed by atoms with Crippen molar-refractivity contribution in [3.8, 4) is 5.75 Å². The summed E-state index contributed by atoms with van der Waals surface area (Å²) in [5.74, 6) is 0.676. The number of aliphatic imine (C=N–C) groups is 1. The summed E-state index contributed by atoms with van der Waals surface area (Å²) >= 11 is 3.52. The minimum absolute atomic E-state index is 0.0499. The average Bonchev–Trinajstić information content (AvgIpc) is 3.51. The fourth-order valence-corrected chi connectivity index (χ4v) is 6.25. The van der Waals surface area contributed by atoms with Gasteiger partial charge < -0.3 is 19.9 Å². The quantitative estimate of drug-likeness (QED) is 0.0557. The van der Waals surface area contributed by atoms with E-state index in [4.69, 9.17) is 25.1 Å². The third-order valence-corrected chi connectivity index (χ3v) is 8.91. The molecule has 1 amide bonds. The Balaban J connectivity index is 1.44. The number of amides is 1. The van der Waals surface area contributed by atoms with Gasteiger partial charge in [-0.15, -0.1) is 0 Å². The fourth-order valence-electron chi connectivity index (χ4n) is 5.99. The molecule has 0 fully saturated rings. The highest BCUT2D eigenvalue weighted by Gasteiger charge is 2.53. The van der Waals surface area contributed by atoms with E-state index in [0.29, 0.717) is 42.3 Å². The lowest BCUT2D eigenvalue weighted by atomic mass is 9.80. The third-order valence-electron chi connectivity index (χ3n) is 8.38. The average molecular weight is 705 g/mol. The van der Waals surface area contributed by atoms with Crippen molar-refractivity contribution < 1.29 is 19.4 Å². The largest absolute Gasteiger partial charge is 0.494 e. The maximum atomic E-state index is 14.8. The summed E-state index contributed by atoms with van der Waals surface area (Å²) in [5, 5.41) is 18.3. The molecule has 0 spiro atoms. The van der Waals surface area contributed by atoms with Gasteiger partial charge in [0.05, 0.1) is 13.2 Å². The number of azide groups is 1. The van der Waals surface area contributed by atoms with E-state index < -0.39 is 11.6 Å². The number of carbonyl (C=O) groups excluding carboxylic acids is 1. The molecule has 6 rings (SSSR count). The molecule has 48 heavy (non-hydrogen) atoms. The third kappa shape index (κ3) is 7.21. The first-order chi connectivity index (χ1) is 23.5. The number of fused-ring (bicyclic) bond motifs is 1. The molecule has 0 unspecified atom stereocenters. The molecule has 2 atom stereocenters. The van der Waals surface area contributed by atoms with Gasteiger partial charge in [0.25, 0.3) is 5.91 Å². The molecule has 0 aromatic heterocycles. The highest BCUT2D eigenvalue weighted by molar-refractivity contribution is 9.10. The number of ether oxygens (including phenoxy) is 2. The predicted octanol–water partition coefficient (Wildman–Crippen LogP) is 7.99. The molecular weight excluding hydrogens is 670 g/mol. The first-order valence-corrected chi connectivity index (χ1v) is 16.5. The summed E-state index contributed by atoms with van der Waals surface area (Å²) in [4.78, 5) is 22.9. The molecule has 0 radical (unpaired) electrons. The summed E-state index contributed by atoms with van der Waals surface area (Å²) in [6.07, 6.45) is -0.0659. The van der Waals surface area contributed by atoms with Crippen LogP contribution in [0.2, 0.25) is 0 Å². The van der Waals surface area contributed by atoms with Crippen molar-refractivity contribution in [2.45, 2.75) is 37.6 Å². The Labute approximate surface area is 287 Å². The summed E-state index contributed by atoms with van der Waals surface area (Å²) < 4.78 is 13.4. The van der Waals surface area contributed by atoms with Crippen LogP contribution in [0, 0.1) is 0 Å². The van der Waals surface area contributed by atoms with Crippen molar-refractivity contribution in [3.63, 3.8) is 0 Å². The molecule has 0 aliphatic carbocycles. The number of aliphatic hydroxyl groups is 1. The van der Waals surface area contributed by atoms with Gasteiger partial charge in [-0.25, -0.2) is 4.99 Å². The van der Waals surface area contributed by atoms with Crippen LogP contribution in [0.3, 0.4) is 0 Å². The minimum atomic E-state index is -1.42. The van der Waals surface area contributed by atoms with Gasteiger partial charge in [0.2, 0.25) is 5.90 Å². The Kier molecular flexibility index (Phi) is 10.4. The number of rotatable bonds is 13. The molecule has 2 N–H and O–H groups in total. The molecule has 9 nitrogen and oxygen atoms in total. The molecule has 1 aliphatic heterocycles. The maximum absolute atomic E-state index is 14.8. The van der Waals surface area contributed by atoms with Crippen molar-refractivity contribution in [1.29, 1.82) is 0 Å². The zero-order valence-electron chi connectivity index (χ0n) is 26.1. The Morgan fingerprint density at radius 1 is 0.958 bits per heavy atom. The van der Waals surface area contributed by atoms with Crippen LogP contribution in [0.1, 0.15) is 40.3 Å². The second-order valence-electron chi connectivity index (χ2n) is 11.5. The molecule has 10 heteroatoms. The van der Waals surface area contributed by atoms with Gasteiger partial charge in [-0.2, -0.15) is 0 Å². The predicted molar refractivity (Wildman–Crippen MR) is 190 cm³/mol. The molecular formula is C38H34BrN5O4. The van der Waals surface area contributed by atoms with Gasteiger partial charge in [0, 0.05) is 40.9 Å². The van der Waals surface area contributed by atoms with E-state index in [1.54, 1.807) is 0 Å². The van der Waals surface area contributed by atoms with E-state index in [9.17, 15) is 4.79 Å². The number of carbonyl (C=O) groups is 1. The first kappa shape index (κ1) is 32.8. The number of hydrogen-bond acceptors (Lipinski definition) is 6. The van der Waals surface area contributed by atoms with E-state index in [2.05, 4.69) is 49.5 Å². The molecule has 5 aromatic rings. The highest BCUT2D eigenvalue weighted by Crippen LogP contribution is 2.44. The molecule has 1 heterocycles. The van der Waals surface area contributed by atoms with Crippen molar-refractivity contribution in [2.75, 3.05) is 13.2 Å². The Morgan fingerprint density at radius 3 is 2.48 bits per heavy atom. The molecule has 0 saturated heterocycles. The highest BCUT2D eigenvalue weighted by atomic mass is 79.9. The van der Waals surface area contributed by atoms with Crippen molar-refractivity contribution >= 4 is 38.5 Å². The Morgan fingerprint density at radius 2 is 1.69 bits per heavy atom. The molecule has 1 aliphatic rings. The zero-order chi connectivity index (χ0) is 33.3. The molecule has 0 saturated carbocycles. The standard InChI is InChI=1S/C38H34BrN5O4/c39-31-17-13-26(14-18-31)23-38(37(46)41-24-29-10-5-9-27-7-1-3-11-33(27)29)35(34-12-4-2-8-30(34)25-42-44-40)48-36(43-38)28-15-19-32(20-16-28)47-22-6-21-45/h1-5,7-20,35,45H,6,21-25H2,(H,41,46)/t35-,38-/m1/s1. The molecule has 5 aromatic carbocycles. The summed E-state index contributed by atoms with van der Waals surface area (Å²) in [6, 6.07) is 36.8. The second kappa shape index (κ2) is 15.2. The minimum Gasteiger partial charge on any atom is -0.494 e. The summed E-state index contributed by atoms with van der Waals surface area (Å²) in [7, 11) is 0. The summed E-state index contributed by atoms with van der Waals surface area (Å²) in [5.41, 5.74) is 11.7. The second-order valence-corrected chi connectivity index (χ2v) is 12.4. The first-order valence-electron chi connectivity index (χ1n) is 15.7. The lowest BCUT2D eigenvalue weighted by Gasteiger charge is -2.32. The van der Waals surface area contributed by atoms with Gasteiger partial charge in [-0.3, -0.25) is 4.79 Å². The SMILES string of the molecule is [N-]=[N+]=NCc1ccccc1[C@H]1OC(c2ccc(OCCCO)cc2)=N[C@@]1(Cc1ccc(Br)cc1)C(=O)NCc1cccc2ccccc12. The zero-order valence-corrected chi connectivity index (χ0v) is 27.7. The van der Waals surface area contributed by atoms with Gasteiger partial charge in [-0.05, 0) is 75.0 Å². The van der Waals surface area contributed by atoms with Crippen LogP contribution in [0.4, 0.5) is 0 Å². The van der Waals surface area contributed by atoms with Crippen LogP contribution >= 0.6 is 15.9 Å². The number of halogens is 1. The van der Waals surface area contributed by atoms with Crippen LogP contribution < -0.4 is 10.1 Å². The molecule has 0 bridgehead atoms. The van der Waals surface area contributed by atoms with Crippen molar-refractivity contribution in [2.24, 2.45) is 10.1 Å². The number of benzene rings is 5. The topological polar surface area (TPSA) is 129 Å².